The lowest BCUT2D eigenvalue weighted by molar-refractivity contribution is 0.405. The van der Waals surface area contributed by atoms with Crippen LogP contribution in [0.4, 0.5) is 8.78 Å². The van der Waals surface area contributed by atoms with E-state index in [9.17, 15) is 8.78 Å². The lowest BCUT2D eigenvalue weighted by atomic mass is 10.1. The molecule has 0 aliphatic rings. The highest BCUT2D eigenvalue weighted by atomic mass is 19.1. The first kappa shape index (κ1) is 16.2. The summed E-state index contributed by atoms with van der Waals surface area (Å²) < 4.78 is 33.5. The maximum atomic E-state index is 14.2. The molecule has 2 aromatic carbocycles. The van der Waals surface area contributed by atoms with Crippen LogP contribution in [0.15, 0.2) is 60.7 Å². The number of rotatable bonds is 6. The van der Waals surface area contributed by atoms with E-state index in [2.05, 4.69) is 13.8 Å². The van der Waals surface area contributed by atoms with E-state index < -0.39 is 12.0 Å². The summed E-state index contributed by atoms with van der Waals surface area (Å²) >= 11 is 0. The van der Waals surface area contributed by atoms with Crippen LogP contribution in [-0.2, 0) is 0 Å². The van der Waals surface area contributed by atoms with Crippen LogP contribution in [0.1, 0.15) is 32.0 Å². The molecule has 0 amide bonds. The van der Waals surface area contributed by atoms with Gasteiger partial charge in [-0.25, -0.2) is 8.78 Å². The average Bonchev–Trinajstić information content (AvgIpc) is 2.50. The average molecular weight is 302 g/mol. The highest BCUT2D eigenvalue weighted by Gasteiger charge is 2.11. The molecule has 0 aromatic heterocycles. The molecule has 2 aromatic rings. The van der Waals surface area contributed by atoms with Crippen LogP contribution in [0, 0.1) is 11.7 Å². The van der Waals surface area contributed by atoms with Gasteiger partial charge in [0.05, 0.1) is 0 Å². The number of halogens is 2. The summed E-state index contributed by atoms with van der Waals surface area (Å²) in [5.41, 5.74) is 0.382. The van der Waals surface area contributed by atoms with Crippen molar-refractivity contribution in [2.24, 2.45) is 5.92 Å². The van der Waals surface area contributed by atoms with Gasteiger partial charge >= 0.3 is 0 Å². The molecule has 0 radical (unpaired) electrons. The van der Waals surface area contributed by atoms with Gasteiger partial charge in [-0.05, 0) is 42.2 Å². The number of hydrogen-bond acceptors (Lipinski definition) is 1. The van der Waals surface area contributed by atoms with Crippen LogP contribution in [0.5, 0.6) is 11.5 Å². The molecule has 0 saturated carbocycles. The van der Waals surface area contributed by atoms with Gasteiger partial charge < -0.3 is 4.74 Å². The van der Waals surface area contributed by atoms with Gasteiger partial charge in [0.15, 0.2) is 11.6 Å². The summed E-state index contributed by atoms with van der Waals surface area (Å²) in [4.78, 5) is 0. The van der Waals surface area contributed by atoms with E-state index in [0.717, 1.165) is 6.42 Å². The van der Waals surface area contributed by atoms with Crippen molar-refractivity contribution in [1.29, 1.82) is 0 Å². The van der Waals surface area contributed by atoms with Crippen LogP contribution in [-0.4, -0.2) is 0 Å². The van der Waals surface area contributed by atoms with Gasteiger partial charge in [0, 0.05) is 0 Å². The normalized spacial score (nSPS) is 12.8. The maximum absolute atomic E-state index is 14.2. The van der Waals surface area contributed by atoms with Gasteiger partial charge in [0.25, 0.3) is 0 Å². The van der Waals surface area contributed by atoms with E-state index in [0.29, 0.717) is 17.2 Å². The molecule has 1 atom stereocenters. The first-order chi connectivity index (χ1) is 10.6. The molecule has 0 fully saturated rings. The Hall–Kier alpha value is -2.16. The van der Waals surface area contributed by atoms with E-state index in [4.69, 9.17) is 4.74 Å². The number of para-hydroxylation sites is 1. The zero-order valence-electron chi connectivity index (χ0n) is 12.8. The molecule has 0 spiro atoms. The highest BCUT2D eigenvalue weighted by Crippen LogP contribution is 2.29. The van der Waals surface area contributed by atoms with E-state index in [1.165, 1.54) is 24.3 Å². The smallest absolute Gasteiger partial charge is 0.165 e. The third kappa shape index (κ3) is 4.69. The van der Waals surface area contributed by atoms with Crippen LogP contribution in [0.25, 0.3) is 0 Å². The minimum absolute atomic E-state index is 0.0311. The van der Waals surface area contributed by atoms with Crippen LogP contribution < -0.4 is 4.74 Å². The lowest BCUT2D eigenvalue weighted by Gasteiger charge is -2.10. The Morgan fingerprint density at radius 3 is 2.50 bits per heavy atom. The first-order valence-corrected chi connectivity index (χ1v) is 7.39. The zero-order valence-corrected chi connectivity index (χ0v) is 12.8. The largest absolute Gasteiger partial charge is 0.454 e. The molecule has 0 aliphatic carbocycles. The first-order valence-electron chi connectivity index (χ1n) is 7.39. The third-order valence-corrected chi connectivity index (χ3v) is 3.16. The Labute approximate surface area is 130 Å². The Morgan fingerprint density at radius 2 is 1.82 bits per heavy atom. The minimum atomic E-state index is -1.27. The summed E-state index contributed by atoms with van der Waals surface area (Å²) in [6.07, 6.45) is 2.86. The van der Waals surface area contributed by atoms with Gasteiger partial charge in [-0.3, -0.25) is 0 Å². The Balaban J connectivity index is 2.14. The van der Waals surface area contributed by atoms with E-state index in [-0.39, 0.29) is 5.75 Å². The van der Waals surface area contributed by atoms with Gasteiger partial charge in [-0.1, -0.05) is 50.3 Å². The molecule has 3 heteroatoms. The summed E-state index contributed by atoms with van der Waals surface area (Å²) in [5, 5.41) is 0. The fourth-order valence-corrected chi connectivity index (χ4v) is 1.97. The number of benzene rings is 2. The Bertz CT molecular complexity index is 621. The minimum Gasteiger partial charge on any atom is -0.454 e. The van der Waals surface area contributed by atoms with E-state index in [1.54, 1.807) is 24.3 Å². The van der Waals surface area contributed by atoms with E-state index >= 15 is 0 Å². The van der Waals surface area contributed by atoms with Gasteiger partial charge in [-0.15, -0.1) is 0 Å². The van der Waals surface area contributed by atoms with Crippen LogP contribution in [0.2, 0.25) is 0 Å². The Morgan fingerprint density at radius 1 is 1.09 bits per heavy atom. The predicted octanol–water partition coefficient (Wildman–Crippen LogP) is 6.23. The lowest BCUT2D eigenvalue weighted by Crippen LogP contribution is -1.93. The van der Waals surface area contributed by atoms with Crippen molar-refractivity contribution in [3.63, 3.8) is 0 Å². The zero-order chi connectivity index (χ0) is 15.9. The van der Waals surface area contributed by atoms with Gasteiger partial charge in [0.2, 0.25) is 0 Å². The molecular weight excluding hydrogens is 282 g/mol. The molecule has 2 rings (SSSR count). The molecule has 0 saturated heterocycles. The van der Waals surface area contributed by atoms with Crippen molar-refractivity contribution in [3.8, 4) is 11.5 Å². The molecule has 0 heterocycles. The molecule has 1 nitrogen and oxygen atoms in total. The second kappa shape index (κ2) is 7.74. The molecule has 1 unspecified atom stereocenters. The van der Waals surface area contributed by atoms with Crippen LogP contribution in [0.3, 0.4) is 0 Å². The number of ether oxygens (including phenoxy) is 1. The van der Waals surface area contributed by atoms with E-state index in [1.807, 2.05) is 12.1 Å². The topological polar surface area (TPSA) is 9.23 Å². The maximum Gasteiger partial charge on any atom is 0.165 e. The van der Waals surface area contributed by atoms with Crippen molar-refractivity contribution >= 4 is 0 Å². The highest BCUT2D eigenvalue weighted by molar-refractivity contribution is 5.36. The van der Waals surface area contributed by atoms with Crippen LogP contribution >= 0.6 is 0 Å². The molecule has 0 aliphatic heterocycles. The number of hydrogen-bond donors (Lipinski definition) is 0. The van der Waals surface area contributed by atoms with Crippen molar-refractivity contribution in [1.82, 2.24) is 0 Å². The molecule has 0 N–H and O–H groups in total. The fourth-order valence-electron chi connectivity index (χ4n) is 1.97. The van der Waals surface area contributed by atoms with Crippen molar-refractivity contribution < 1.29 is 13.5 Å². The monoisotopic (exact) mass is 302 g/mol. The SMILES string of the molecule is CC(C)CC=CC(F)c1ccc(F)c(Oc2ccccc2)c1. The summed E-state index contributed by atoms with van der Waals surface area (Å²) in [6.45, 7) is 4.14. The quantitative estimate of drug-likeness (QED) is 0.575. The molecule has 22 heavy (non-hydrogen) atoms. The number of alkyl halides is 1. The second-order valence-electron chi connectivity index (χ2n) is 5.56. The summed E-state index contributed by atoms with van der Waals surface area (Å²) in [7, 11) is 0. The van der Waals surface area contributed by atoms with Gasteiger partial charge in [0.1, 0.15) is 11.9 Å². The summed E-state index contributed by atoms with van der Waals surface area (Å²) in [6, 6.07) is 13.0. The predicted molar refractivity (Wildman–Crippen MR) is 85.4 cm³/mol. The molecular formula is C19H20F2O. The third-order valence-electron chi connectivity index (χ3n) is 3.16. The second-order valence-corrected chi connectivity index (χ2v) is 5.56. The molecule has 116 valence electrons. The standard InChI is InChI=1S/C19H20F2O/c1-14(2)7-6-10-17(20)15-11-12-18(21)19(13-15)22-16-8-4-3-5-9-16/h3-6,8-14,17H,7H2,1-2H3. The Kier molecular flexibility index (Phi) is 5.70. The van der Waals surface area contributed by atoms with Crippen molar-refractivity contribution in [2.75, 3.05) is 0 Å². The number of allylic oxidation sites excluding steroid dienone is 2. The van der Waals surface area contributed by atoms with Crippen molar-refractivity contribution in [3.05, 3.63) is 72.1 Å². The molecule has 0 bridgehead atoms. The van der Waals surface area contributed by atoms with Crippen molar-refractivity contribution in [2.45, 2.75) is 26.4 Å². The summed E-state index contributed by atoms with van der Waals surface area (Å²) in [5.74, 6) is 0.521. The van der Waals surface area contributed by atoms with Gasteiger partial charge in [-0.2, -0.15) is 0 Å². The fraction of sp³-hybridized carbons (Fsp3) is 0.263.